The van der Waals surface area contributed by atoms with Gasteiger partial charge in [-0.05, 0) is 12.5 Å². The highest BCUT2D eigenvalue weighted by Crippen LogP contribution is 2.37. The standard InChI is InChI=1S/C13H16FNO2/c14-9-1-2-10-11(15)6-12(17-13(10)5-9)8-3-4-16-7-8/h1-2,5,8,11-12H,3-4,6-7,15H2/t8?,11-,12?/m1/s1. The average Bonchev–Trinajstić information content (AvgIpc) is 2.81. The molecule has 0 aliphatic carbocycles. The molecule has 1 fully saturated rings. The van der Waals surface area contributed by atoms with E-state index in [1.807, 2.05) is 0 Å². The molecule has 1 aromatic rings. The van der Waals surface area contributed by atoms with Gasteiger partial charge in [0.05, 0.1) is 6.61 Å². The van der Waals surface area contributed by atoms with Crippen molar-refractivity contribution >= 4 is 0 Å². The number of ether oxygens (including phenoxy) is 2. The Morgan fingerprint density at radius 3 is 3.00 bits per heavy atom. The average molecular weight is 237 g/mol. The molecular formula is C13H16FNO2. The molecule has 3 atom stereocenters. The van der Waals surface area contributed by atoms with E-state index in [1.54, 1.807) is 6.07 Å². The van der Waals surface area contributed by atoms with E-state index in [1.165, 1.54) is 12.1 Å². The van der Waals surface area contributed by atoms with Crippen molar-refractivity contribution in [2.45, 2.75) is 25.0 Å². The summed E-state index contributed by atoms with van der Waals surface area (Å²) in [7, 11) is 0. The van der Waals surface area contributed by atoms with E-state index >= 15 is 0 Å². The normalized spacial score (nSPS) is 32.0. The lowest BCUT2D eigenvalue weighted by Gasteiger charge is -2.33. The molecule has 92 valence electrons. The highest BCUT2D eigenvalue weighted by atomic mass is 19.1. The monoisotopic (exact) mass is 237 g/mol. The first-order valence-electron chi connectivity index (χ1n) is 6.03. The molecule has 2 unspecified atom stereocenters. The molecule has 2 N–H and O–H groups in total. The van der Waals surface area contributed by atoms with Crippen LogP contribution < -0.4 is 10.5 Å². The Bertz CT molecular complexity index is 418. The van der Waals surface area contributed by atoms with Crippen molar-refractivity contribution in [3.63, 3.8) is 0 Å². The van der Waals surface area contributed by atoms with Crippen molar-refractivity contribution in [1.29, 1.82) is 0 Å². The Hall–Kier alpha value is -1.13. The second kappa shape index (κ2) is 4.27. The molecule has 3 rings (SSSR count). The van der Waals surface area contributed by atoms with Gasteiger partial charge in [0.2, 0.25) is 0 Å². The van der Waals surface area contributed by atoms with Crippen molar-refractivity contribution in [3.8, 4) is 5.75 Å². The van der Waals surface area contributed by atoms with Crippen molar-refractivity contribution in [2.75, 3.05) is 13.2 Å². The third-order valence-electron chi connectivity index (χ3n) is 3.63. The number of hydrogen-bond acceptors (Lipinski definition) is 3. The maximum Gasteiger partial charge on any atom is 0.127 e. The largest absolute Gasteiger partial charge is 0.490 e. The number of halogens is 1. The lowest BCUT2D eigenvalue weighted by atomic mass is 9.90. The van der Waals surface area contributed by atoms with Gasteiger partial charge in [0.25, 0.3) is 0 Å². The Morgan fingerprint density at radius 1 is 1.35 bits per heavy atom. The fourth-order valence-corrected chi connectivity index (χ4v) is 2.64. The molecule has 2 aliphatic rings. The molecule has 4 heteroatoms. The Kier molecular flexibility index (Phi) is 2.76. The van der Waals surface area contributed by atoms with Crippen LogP contribution in [0.15, 0.2) is 18.2 Å². The van der Waals surface area contributed by atoms with Crippen molar-refractivity contribution < 1.29 is 13.9 Å². The van der Waals surface area contributed by atoms with Crippen LogP contribution in [0.4, 0.5) is 4.39 Å². The summed E-state index contributed by atoms with van der Waals surface area (Å²) in [5, 5.41) is 0. The summed E-state index contributed by atoms with van der Waals surface area (Å²) in [5.41, 5.74) is 7.02. The summed E-state index contributed by atoms with van der Waals surface area (Å²) in [5.74, 6) is 0.706. The Morgan fingerprint density at radius 2 is 2.24 bits per heavy atom. The zero-order valence-corrected chi connectivity index (χ0v) is 9.56. The zero-order chi connectivity index (χ0) is 11.8. The van der Waals surface area contributed by atoms with Crippen LogP contribution in [-0.4, -0.2) is 19.3 Å². The lowest BCUT2D eigenvalue weighted by Crippen LogP contribution is -2.35. The van der Waals surface area contributed by atoms with E-state index in [-0.39, 0.29) is 18.0 Å². The van der Waals surface area contributed by atoms with Crippen LogP contribution in [-0.2, 0) is 4.74 Å². The quantitative estimate of drug-likeness (QED) is 0.812. The fourth-order valence-electron chi connectivity index (χ4n) is 2.64. The molecule has 3 nitrogen and oxygen atoms in total. The summed E-state index contributed by atoms with van der Waals surface area (Å²) >= 11 is 0. The van der Waals surface area contributed by atoms with E-state index in [9.17, 15) is 4.39 Å². The fraction of sp³-hybridized carbons (Fsp3) is 0.538. The molecule has 0 spiro atoms. The van der Waals surface area contributed by atoms with Crippen LogP contribution >= 0.6 is 0 Å². The van der Waals surface area contributed by atoms with Crippen LogP contribution in [0.3, 0.4) is 0 Å². The van der Waals surface area contributed by atoms with Crippen LogP contribution in [0.2, 0.25) is 0 Å². The molecule has 1 saturated heterocycles. The van der Waals surface area contributed by atoms with E-state index in [4.69, 9.17) is 15.2 Å². The van der Waals surface area contributed by atoms with Crippen LogP contribution in [0, 0.1) is 11.7 Å². The first kappa shape index (κ1) is 11.0. The van der Waals surface area contributed by atoms with Gasteiger partial charge >= 0.3 is 0 Å². The summed E-state index contributed by atoms with van der Waals surface area (Å²) in [4.78, 5) is 0. The second-order valence-electron chi connectivity index (χ2n) is 4.80. The van der Waals surface area contributed by atoms with Gasteiger partial charge in [0.15, 0.2) is 0 Å². The smallest absolute Gasteiger partial charge is 0.127 e. The molecule has 0 bridgehead atoms. The number of hydrogen-bond donors (Lipinski definition) is 1. The Labute approximate surface area is 99.7 Å². The summed E-state index contributed by atoms with van der Waals surface area (Å²) in [6.45, 7) is 1.51. The second-order valence-corrected chi connectivity index (χ2v) is 4.80. The van der Waals surface area contributed by atoms with E-state index < -0.39 is 0 Å². The molecule has 0 aromatic heterocycles. The minimum atomic E-state index is -0.278. The predicted molar refractivity (Wildman–Crippen MR) is 61.3 cm³/mol. The van der Waals surface area contributed by atoms with Crippen molar-refractivity contribution in [3.05, 3.63) is 29.6 Å². The maximum atomic E-state index is 13.2. The molecule has 2 aliphatic heterocycles. The number of fused-ring (bicyclic) bond motifs is 1. The first-order valence-corrected chi connectivity index (χ1v) is 6.03. The number of rotatable bonds is 1. The number of benzene rings is 1. The van der Waals surface area contributed by atoms with Gasteiger partial charge in [0, 0.05) is 36.6 Å². The van der Waals surface area contributed by atoms with Crippen LogP contribution in [0.1, 0.15) is 24.4 Å². The maximum absolute atomic E-state index is 13.2. The minimum Gasteiger partial charge on any atom is -0.490 e. The van der Waals surface area contributed by atoms with Crippen LogP contribution in [0.5, 0.6) is 5.75 Å². The van der Waals surface area contributed by atoms with Crippen molar-refractivity contribution in [1.82, 2.24) is 0 Å². The SMILES string of the molecule is N[C@@H]1CC(C2CCOC2)Oc2cc(F)ccc21. The molecule has 0 amide bonds. The Balaban J connectivity index is 1.85. The van der Waals surface area contributed by atoms with Crippen molar-refractivity contribution in [2.24, 2.45) is 11.7 Å². The van der Waals surface area contributed by atoms with Gasteiger partial charge < -0.3 is 15.2 Å². The molecule has 0 radical (unpaired) electrons. The zero-order valence-electron chi connectivity index (χ0n) is 9.56. The van der Waals surface area contributed by atoms with Gasteiger partial charge in [-0.15, -0.1) is 0 Å². The summed E-state index contributed by atoms with van der Waals surface area (Å²) in [6.07, 6.45) is 1.84. The van der Waals surface area contributed by atoms with E-state index in [0.29, 0.717) is 11.7 Å². The molecule has 17 heavy (non-hydrogen) atoms. The molecular weight excluding hydrogens is 221 g/mol. The van der Waals surface area contributed by atoms with Gasteiger partial charge in [-0.3, -0.25) is 0 Å². The third-order valence-corrected chi connectivity index (χ3v) is 3.63. The van der Waals surface area contributed by atoms with Crippen LogP contribution in [0.25, 0.3) is 0 Å². The highest BCUT2D eigenvalue weighted by molar-refractivity contribution is 5.38. The van der Waals surface area contributed by atoms with E-state index in [0.717, 1.165) is 31.6 Å². The highest BCUT2D eigenvalue weighted by Gasteiger charge is 2.33. The third kappa shape index (κ3) is 2.03. The lowest BCUT2D eigenvalue weighted by molar-refractivity contribution is 0.0851. The van der Waals surface area contributed by atoms with Gasteiger partial charge in [-0.2, -0.15) is 0 Å². The first-order chi connectivity index (χ1) is 8.24. The predicted octanol–water partition coefficient (Wildman–Crippen LogP) is 2.01. The molecule has 2 heterocycles. The van der Waals surface area contributed by atoms with E-state index in [2.05, 4.69) is 0 Å². The minimum absolute atomic E-state index is 0.0572. The van der Waals surface area contributed by atoms with Gasteiger partial charge in [-0.1, -0.05) is 6.07 Å². The molecule has 0 saturated carbocycles. The van der Waals surface area contributed by atoms with Gasteiger partial charge in [-0.25, -0.2) is 4.39 Å². The topological polar surface area (TPSA) is 44.5 Å². The molecule has 1 aromatic carbocycles. The summed E-state index contributed by atoms with van der Waals surface area (Å²) in [6, 6.07) is 4.51. The summed E-state index contributed by atoms with van der Waals surface area (Å²) < 4.78 is 24.4. The van der Waals surface area contributed by atoms with Gasteiger partial charge in [0.1, 0.15) is 17.7 Å². The number of nitrogens with two attached hydrogens (primary N) is 1.